The van der Waals surface area contributed by atoms with E-state index in [2.05, 4.69) is 47.4 Å². The highest BCUT2D eigenvalue weighted by Gasteiger charge is 2.42. The van der Waals surface area contributed by atoms with E-state index in [-0.39, 0.29) is 11.7 Å². The summed E-state index contributed by atoms with van der Waals surface area (Å²) in [4.78, 5) is 2.48. The zero-order valence-corrected chi connectivity index (χ0v) is 14.2. The van der Waals surface area contributed by atoms with E-state index in [1.54, 1.807) is 0 Å². The number of ether oxygens (including phenoxy) is 2. The van der Waals surface area contributed by atoms with Crippen molar-refractivity contribution in [2.45, 2.75) is 38.1 Å². The molecule has 2 aliphatic heterocycles. The Bertz CT molecular complexity index is 664. The molecule has 2 aliphatic rings. The predicted molar refractivity (Wildman–Crippen MR) is 91.8 cm³/mol. The summed E-state index contributed by atoms with van der Waals surface area (Å²) in [5, 5.41) is 4.52. The first-order chi connectivity index (χ1) is 11.7. The van der Waals surface area contributed by atoms with Crippen LogP contribution in [0.4, 0.5) is 0 Å². The lowest BCUT2D eigenvalue weighted by Gasteiger charge is -2.42. The molecule has 0 bridgehead atoms. The topological polar surface area (TPSA) is 39.5 Å². The molecule has 4 rings (SSSR count). The largest absolute Gasteiger partial charge is 0.378 e. The molecule has 1 spiro atoms. The van der Waals surface area contributed by atoms with Gasteiger partial charge in [0.05, 0.1) is 25.5 Å². The standard InChI is InChI=1S/C19H25N3O2/c1-16-10-21(14-19(24-16)7-8-23-15-19)11-18-9-20-22(13-18)12-17-5-3-2-4-6-17/h2-6,9,13,16H,7-8,10-12,14-15H2,1H3/t16-,19+/m0/s1. The van der Waals surface area contributed by atoms with Crippen LogP contribution in [0.1, 0.15) is 24.5 Å². The molecule has 0 radical (unpaired) electrons. The number of nitrogens with zero attached hydrogens (tertiary/aromatic N) is 3. The minimum absolute atomic E-state index is 0.0995. The molecule has 0 amide bonds. The molecule has 5 nitrogen and oxygen atoms in total. The lowest BCUT2D eigenvalue weighted by molar-refractivity contribution is -0.149. The molecule has 24 heavy (non-hydrogen) atoms. The minimum Gasteiger partial charge on any atom is -0.378 e. The molecule has 3 heterocycles. The maximum absolute atomic E-state index is 6.20. The Morgan fingerprint density at radius 2 is 2.08 bits per heavy atom. The molecule has 2 atom stereocenters. The fourth-order valence-corrected chi connectivity index (χ4v) is 3.87. The number of benzene rings is 1. The van der Waals surface area contributed by atoms with Crippen molar-refractivity contribution in [2.75, 3.05) is 26.3 Å². The van der Waals surface area contributed by atoms with Crippen LogP contribution in [0.15, 0.2) is 42.7 Å². The van der Waals surface area contributed by atoms with Crippen LogP contribution in [0.3, 0.4) is 0 Å². The van der Waals surface area contributed by atoms with Crippen molar-refractivity contribution in [1.82, 2.24) is 14.7 Å². The summed E-state index contributed by atoms with van der Waals surface area (Å²) in [5.41, 5.74) is 2.43. The van der Waals surface area contributed by atoms with Crippen molar-refractivity contribution in [3.05, 3.63) is 53.9 Å². The molecule has 0 N–H and O–H groups in total. The Morgan fingerprint density at radius 1 is 1.21 bits per heavy atom. The third-order valence-corrected chi connectivity index (χ3v) is 4.83. The summed E-state index contributed by atoms with van der Waals surface area (Å²) in [5.74, 6) is 0. The molecule has 0 unspecified atom stereocenters. The molecule has 0 aliphatic carbocycles. The van der Waals surface area contributed by atoms with Gasteiger partial charge in [-0.3, -0.25) is 9.58 Å². The van der Waals surface area contributed by atoms with Crippen LogP contribution >= 0.6 is 0 Å². The van der Waals surface area contributed by atoms with Gasteiger partial charge in [0.1, 0.15) is 5.60 Å². The van der Waals surface area contributed by atoms with E-state index in [9.17, 15) is 0 Å². The lowest BCUT2D eigenvalue weighted by Crippen LogP contribution is -2.55. The molecule has 2 aromatic rings. The van der Waals surface area contributed by atoms with Gasteiger partial charge in [-0.1, -0.05) is 30.3 Å². The van der Waals surface area contributed by atoms with Gasteiger partial charge in [-0.2, -0.15) is 5.10 Å². The van der Waals surface area contributed by atoms with E-state index in [1.807, 2.05) is 16.9 Å². The third-order valence-electron chi connectivity index (χ3n) is 4.83. The number of morpholine rings is 1. The van der Waals surface area contributed by atoms with Gasteiger partial charge in [0.25, 0.3) is 0 Å². The van der Waals surface area contributed by atoms with Gasteiger partial charge < -0.3 is 9.47 Å². The lowest BCUT2D eigenvalue weighted by atomic mass is 9.99. The zero-order chi connectivity index (χ0) is 16.4. The van der Waals surface area contributed by atoms with Crippen LogP contribution in [-0.2, 0) is 22.6 Å². The summed E-state index contributed by atoms with van der Waals surface area (Å²) in [6.07, 6.45) is 5.40. The fourth-order valence-electron chi connectivity index (χ4n) is 3.87. The van der Waals surface area contributed by atoms with Crippen LogP contribution in [0.25, 0.3) is 0 Å². The Morgan fingerprint density at radius 3 is 2.88 bits per heavy atom. The zero-order valence-electron chi connectivity index (χ0n) is 14.2. The normalized spacial score (nSPS) is 27.8. The van der Waals surface area contributed by atoms with E-state index in [0.29, 0.717) is 0 Å². The van der Waals surface area contributed by atoms with Gasteiger partial charge in [0.2, 0.25) is 0 Å². The Balaban J connectivity index is 1.40. The first-order valence-corrected chi connectivity index (χ1v) is 8.74. The van der Waals surface area contributed by atoms with Gasteiger partial charge in [-0.05, 0) is 12.5 Å². The number of hydrogen-bond donors (Lipinski definition) is 0. The smallest absolute Gasteiger partial charge is 0.107 e. The second-order valence-corrected chi connectivity index (χ2v) is 7.12. The van der Waals surface area contributed by atoms with Gasteiger partial charge >= 0.3 is 0 Å². The first-order valence-electron chi connectivity index (χ1n) is 8.74. The molecule has 0 saturated carbocycles. The SMILES string of the molecule is C[C@H]1CN(Cc2cnn(Cc3ccccc3)c2)C[C@@]2(CCOC2)O1. The second kappa shape index (κ2) is 6.67. The van der Waals surface area contributed by atoms with Crippen LogP contribution in [-0.4, -0.2) is 52.7 Å². The first kappa shape index (κ1) is 15.8. The van der Waals surface area contributed by atoms with E-state index in [1.165, 1.54) is 11.1 Å². The highest BCUT2D eigenvalue weighted by molar-refractivity contribution is 5.15. The van der Waals surface area contributed by atoms with Crippen molar-refractivity contribution >= 4 is 0 Å². The van der Waals surface area contributed by atoms with Crippen LogP contribution in [0.5, 0.6) is 0 Å². The van der Waals surface area contributed by atoms with Gasteiger partial charge in [-0.25, -0.2) is 0 Å². The van der Waals surface area contributed by atoms with Crippen molar-refractivity contribution in [1.29, 1.82) is 0 Å². The number of hydrogen-bond acceptors (Lipinski definition) is 4. The van der Waals surface area contributed by atoms with Gasteiger partial charge in [0.15, 0.2) is 0 Å². The second-order valence-electron chi connectivity index (χ2n) is 7.12. The van der Waals surface area contributed by atoms with Crippen molar-refractivity contribution in [3.8, 4) is 0 Å². The number of aromatic nitrogens is 2. The number of rotatable bonds is 4. The van der Waals surface area contributed by atoms with Crippen molar-refractivity contribution in [2.24, 2.45) is 0 Å². The van der Waals surface area contributed by atoms with Crippen LogP contribution < -0.4 is 0 Å². The maximum atomic E-state index is 6.20. The quantitative estimate of drug-likeness (QED) is 0.864. The molecule has 2 saturated heterocycles. The van der Waals surface area contributed by atoms with E-state index < -0.39 is 0 Å². The molecular formula is C19H25N3O2. The van der Waals surface area contributed by atoms with E-state index >= 15 is 0 Å². The fraction of sp³-hybridized carbons (Fsp3) is 0.526. The highest BCUT2D eigenvalue weighted by atomic mass is 16.6. The maximum Gasteiger partial charge on any atom is 0.107 e. The van der Waals surface area contributed by atoms with E-state index in [4.69, 9.17) is 9.47 Å². The summed E-state index contributed by atoms with van der Waals surface area (Å²) < 4.78 is 13.8. The van der Waals surface area contributed by atoms with E-state index in [0.717, 1.165) is 45.8 Å². The summed E-state index contributed by atoms with van der Waals surface area (Å²) >= 11 is 0. The van der Waals surface area contributed by atoms with Gasteiger partial charge in [-0.15, -0.1) is 0 Å². The Hall–Kier alpha value is -1.69. The van der Waals surface area contributed by atoms with Crippen molar-refractivity contribution < 1.29 is 9.47 Å². The Kier molecular flexibility index (Phi) is 4.39. The molecule has 128 valence electrons. The minimum atomic E-state index is -0.0995. The summed E-state index contributed by atoms with van der Waals surface area (Å²) in [7, 11) is 0. The van der Waals surface area contributed by atoms with Crippen LogP contribution in [0.2, 0.25) is 0 Å². The summed E-state index contributed by atoms with van der Waals surface area (Å²) in [6.45, 7) is 7.34. The average molecular weight is 327 g/mol. The molecule has 5 heteroatoms. The third kappa shape index (κ3) is 3.53. The highest BCUT2D eigenvalue weighted by Crippen LogP contribution is 2.30. The van der Waals surface area contributed by atoms with Crippen molar-refractivity contribution in [3.63, 3.8) is 0 Å². The molecule has 1 aromatic carbocycles. The predicted octanol–water partition coefficient (Wildman–Crippen LogP) is 2.31. The molecule has 1 aromatic heterocycles. The Labute approximate surface area is 143 Å². The molecule has 2 fully saturated rings. The average Bonchev–Trinajstić information content (AvgIpc) is 3.18. The van der Waals surface area contributed by atoms with Crippen LogP contribution in [0, 0.1) is 0 Å². The monoisotopic (exact) mass is 327 g/mol. The molecular weight excluding hydrogens is 302 g/mol. The summed E-state index contributed by atoms with van der Waals surface area (Å²) in [6, 6.07) is 10.4. The van der Waals surface area contributed by atoms with Gasteiger partial charge in [0, 0.05) is 44.4 Å².